The molecular weight excluding hydrogens is 294 g/mol. The molecule has 1 atom stereocenters. The zero-order valence-corrected chi connectivity index (χ0v) is 13.5. The molecule has 0 saturated carbocycles. The van der Waals surface area contributed by atoms with Crippen molar-refractivity contribution in [3.63, 3.8) is 0 Å². The van der Waals surface area contributed by atoms with E-state index in [9.17, 15) is 5.26 Å². The van der Waals surface area contributed by atoms with E-state index in [0.717, 1.165) is 30.6 Å². The van der Waals surface area contributed by atoms with Gasteiger partial charge in [0.2, 0.25) is 0 Å². The first-order valence-electron chi connectivity index (χ1n) is 7.59. The van der Waals surface area contributed by atoms with Crippen LogP contribution in [0.5, 0.6) is 5.75 Å². The van der Waals surface area contributed by atoms with Crippen molar-refractivity contribution in [2.75, 3.05) is 6.61 Å². The SMILES string of the molecule is CCc1cccc(OCCCC(C#N)c2ccc(Cl)cc2)c1. The number of hydrogen-bond acceptors (Lipinski definition) is 2. The Morgan fingerprint density at radius 1 is 1.18 bits per heavy atom. The van der Waals surface area contributed by atoms with Crippen molar-refractivity contribution in [1.82, 2.24) is 0 Å². The minimum Gasteiger partial charge on any atom is -0.494 e. The number of aryl methyl sites for hydroxylation is 1. The summed E-state index contributed by atoms with van der Waals surface area (Å²) in [5, 5.41) is 10.0. The van der Waals surface area contributed by atoms with Gasteiger partial charge in [0, 0.05) is 5.02 Å². The Balaban J connectivity index is 1.81. The molecular formula is C19H20ClNO. The van der Waals surface area contributed by atoms with Gasteiger partial charge in [0.05, 0.1) is 18.6 Å². The lowest BCUT2D eigenvalue weighted by molar-refractivity contribution is 0.304. The van der Waals surface area contributed by atoms with Crippen LogP contribution in [0.25, 0.3) is 0 Å². The Hall–Kier alpha value is -1.98. The number of nitriles is 1. The van der Waals surface area contributed by atoms with Gasteiger partial charge in [-0.1, -0.05) is 42.8 Å². The topological polar surface area (TPSA) is 33.0 Å². The van der Waals surface area contributed by atoms with Crippen LogP contribution < -0.4 is 4.74 Å². The summed E-state index contributed by atoms with van der Waals surface area (Å²) >= 11 is 5.88. The molecule has 0 N–H and O–H groups in total. The number of halogens is 1. The minimum atomic E-state index is -0.108. The third-order valence-electron chi connectivity index (χ3n) is 3.64. The Labute approximate surface area is 137 Å². The van der Waals surface area contributed by atoms with Gasteiger partial charge >= 0.3 is 0 Å². The van der Waals surface area contributed by atoms with Crippen LogP contribution in [-0.2, 0) is 6.42 Å². The number of nitrogens with zero attached hydrogens (tertiary/aromatic N) is 1. The van der Waals surface area contributed by atoms with E-state index in [-0.39, 0.29) is 5.92 Å². The van der Waals surface area contributed by atoms with Crippen molar-refractivity contribution in [3.8, 4) is 11.8 Å². The van der Waals surface area contributed by atoms with Gasteiger partial charge in [-0.05, 0) is 54.7 Å². The van der Waals surface area contributed by atoms with Crippen LogP contribution in [0.1, 0.15) is 36.8 Å². The van der Waals surface area contributed by atoms with Gasteiger partial charge in [0.1, 0.15) is 5.75 Å². The maximum Gasteiger partial charge on any atom is 0.119 e. The molecule has 0 saturated heterocycles. The van der Waals surface area contributed by atoms with Gasteiger partial charge in [-0.2, -0.15) is 5.26 Å². The fourth-order valence-electron chi connectivity index (χ4n) is 2.33. The molecule has 0 fully saturated rings. The standard InChI is InChI=1S/C19H20ClNO/c1-2-15-5-3-7-19(13-15)22-12-4-6-17(14-21)16-8-10-18(20)11-9-16/h3,5,7-11,13,17H,2,4,6,12H2,1H3. The summed E-state index contributed by atoms with van der Waals surface area (Å²) in [6.45, 7) is 2.75. The highest BCUT2D eigenvalue weighted by atomic mass is 35.5. The Morgan fingerprint density at radius 3 is 2.64 bits per heavy atom. The van der Waals surface area contributed by atoms with Crippen LogP contribution >= 0.6 is 11.6 Å². The first-order valence-corrected chi connectivity index (χ1v) is 7.97. The first kappa shape index (κ1) is 16.4. The third kappa shape index (κ3) is 4.79. The minimum absolute atomic E-state index is 0.108. The lowest BCUT2D eigenvalue weighted by Gasteiger charge is -2.11. The highest BCUT2D eigenvalue weighted by Gasteiger charge is 2.10. The van der Waals surface area contributed by atoms with Gasteiger partial charge in [-0.25, -0.2) is 0 Å². The summed E-state index contributed by atoms with van der Waals surface area (Å²) in [5.41, 5.74) is 2.29. The van der Waals surface area contributed by atoms with Crippen LogP contribution in [0.3, 0.4) is 0 Å². The van der Waals surface area contributed by atoms with E-state index < -0.39 is 0 Å². The van der Waals surface area contributed by atoms with E-state index >= 15 is 0 Å². The summed E-state index contributed by atoms with van der Waals surface area (Å²) < 4.78 is 5.77. The number of hydrogen-bond donors (Lipinski definition) is 0. The molecule has 2 rings (SSSR count). The second kappa shape index (κ2) is 8.46. The summed E-state index contributed by atoms with van der Waals surface area (Å²) in [6, 6.07) is 18.0. The van der Waals surface area contributed by atoms with Crippen LogP contribution in [0.2, 0.25) is 5.02 Å². The van der Waals surface area contributed by atoms with Crippen molar-refractivity contribution >= 4 is 11.6 Å². The molecule has 2 aromatic carbocycles. The molecule has 0 aliphatic heterocycles. The average molecular weight is 314 g/mol. The fourth-order valence-corrected chi connectivity index (χ4v) is 2.46. The van der Waals surface area contributed by atoms with Crippen molar-refractivity contribution in [1.29, 1.82) is 5.26 Å². The summed E-state index contributed by atoms with van der Waals surface area (Å²) in [5.74, 6) is 0.794. The lowest BCUT2D eigenvalue weighted by Crippen LogP contribution is -2.02. The number of benzene rings is 2. The highest BCUT2D eigenvalue weighted by molar-refractivity contribution is 6.30. The van der Waals surface area contributed by atoms with E-state index in [2.05, 4.69) is 25.1 Å². The van der Waals surface area contributed by atoms with Crippen LogP contribution in [0.4, 0.5) is 0 Å². The molecule has 0 heterocycles. The summed E-state index contributed by atoms with van der Waals surface area (Å²) in [4.78, 5) is 0. The van der Waals surface area contributed by atoms with E-state index in [1.807, 2.05) is 36.4 Å². The molecule has 1 unspecified atom stereocenters. The molecule has 0 aliphatic rings. The largest absolute Gasteiger partial charge is 0.494 e. The van der Waals surface area contributed by atoms with Crippen molar-refractivity contribution in [2.24, 2.45) is 0 Å². The predicted molar refractivity (Wildman–Crippen MR) is 90.4 cm³/mol. The third-order valence-corrected chi connectivity index (χ3v) is 3.89. The maximum atomic E-state index is 9.31. The molecule has 0 bridgehead atoms. The number of ether oxygens (including phenoxy) is 1. The predicted octanol–water partition coefficient (Wildman–Crippen LogP) is 5.37. The lowest BCUT2D eigenvalue weighted by atomic mass is 9.96. The molecule has 2 nitrogen and oxygen atoms in total. The number of rotatable bonds is 7. The van der Waals surface area contributed by atoms with Crippen molar-refractivity contribution < 1.29 is 4.74 Å². The summed E-state index contributed by atoms with van der Waals surface area (Å²) in [6.07, 6.45) is 2.63. The van der Waals surface area contributed by atoms with Crippen LogP contribution in [-0.4, -0.2) is 6.61 Å². The molecule has 0 spiro atoms. The molecule has 3 heteroatoms. The van der Waals surface area contributed by atoms with Gasteiger partial charge in [0.15, 0.2) is 0 Å². The second-order valence-electron chi connectivity index (χ2n) is 5.22. The smallest absolute Gasteiger partial charge is 0.119 e. The van der Waals surface area contributed by atoms with E-state index in [0.29, 0.717) is 11.6 Å². The van der Waals surface area contributed by atoms with Crippen LogP contribution in [0, 0.1) is 11.3 Å². The molecule has 0 aliphatic carbocycles. The Bertz CT molecular complexity index is 631. The average Bonchev–Trinajstić information content (AvgIpc) is 2.56. The quantitative estimate of drug-likeness (QED) is 0.644. The normalized spacial score (nSPS) is 11.7. The Morgan fingerprint density at radius 2 is 1.95 bits per heavy atom. The molecule has 0 amide bonds. The van der Waals surface area contributed by atoms with Crippen molar-refractivity contribution in [2.45, 2.75) is 32.1 Å². The zero-order valence-electron chi connectivity index (χ0n) is 12.8. The van der Waals surface area contributed by atoms with Crippen molar-refractivity contribution in [3.05, 3.63) is 64.7 Å². The van der Waals surface area contributed by atoms with E-state index in [4.69, 9.17) is 16.3 Å². The second-order valence-corrected chi connectivity index (χ2v) is 5.66. The van der Waals surface area contributed by atoms with Crippen LogP contribution in [0.15, 0.2) is 48.5 Å². The fraction of sp³-hybridized carbons (Fsp3) is 0.316. The first-order chi connectivity index (χ1) is 10.7. The maximum absolute atomic E-state index is 9.31. The Kier molecular flexibility index (Phi) is 6.30. The van der Waals surface area contributed by atoms with Gasteiger partial charge in [-0.3, -0.25) is 0 Å². The van der Waals surface area contributed by atoms with E-state index in [1.165, 1.54) is 5.56 Å². The highest BCUT2D eigenvalue weighted by Crippen LogP contribution is 2.22. The van der Waals surface area contributed by atoms with Gasteiger partial charge in [-0.15, -0.1) is 0 Å². The van der Waals surface area contributed by atoms with E-state index in [1.54, 1.807) is 0 Å². The monoisotopic (exact) mass is 313 g/mol. The summed E-state index contributed by atoms with van der Waals surface area (Å²) in [7, 11) is 0. The molecule has 22 heavy (non-hydrogen) atoms. The molecule has 2 aromatic rings. The molecule has 0 aromatic heterocycles. The zero-order chi connectivity index (χ0) is 15.8. The van der Waals surface area contributed by atoms with Gasteiger partial charge < -0.3 is 4.74 Å². The molecule has 0 radical (unpaired) electrons. The molecule has 114 valence electrons. The van der Waals surface area contributed by atoms with Gasteiger partial charge in [0.25, 0.3) is 0 Å².